The molecule has 0 atom stereocenters. The Hall–Kier alpha value is -2.37. The van der Waals surface area contributed by atoms with Crippen LogP contribution in [-0.2, 0) is 6.54 Å². The van der Waals surface area contributed by atoms with Crippen molar-refractivity contribution in [2.75, 3.05) is 0 Å². The summed E-state index contributed by atoms with van der Waals surface area (Å²) in [4.78, 5) is 23.9. The summed E-state index contributed by atoms with van der Waals surface area (Å²) in [6.45, 7) is 2.31. The van der Waals surface area contributed by atoms with E-state index >= 15 is 0 Å². The Morgan fingerprint density at radius 3 is 2.82 bits per heavy atom. The molecule has 2 aromatic heterocycles. The number of rotatable bonds is 1. The van der Waals surface area contributed by atoms with E-state index in [1.807, 2.05) is 6.92 Å². The maximum atomic E-state index is 12.2. The van der Waals surface area contributed by atoms with Gasteiger partial charge in [0.2, 0.25) is 5.78 Å². The minimum Gasteiger partial charge on any atom is -0.277 e. The molecule has 1 N–H and O–H groups in total. The van der Waals surface area contributed by atoms with Crippen LogP contribution in [0.5, 0.6) is 0 Å². The monoisotopic (exact) mass is 230 g/mol. The molecular formula is C11H10N4O2. The van der Waals surface area contributed by atoms with Gasteiger partial charge in [0.1, 0.15) is 0 Å². The number of nitrogens with zero attached hydrogens (tertiary/aromatic N) is 3. The zero-order valence-corrected chi connectivity index (χ0v) is 9.17. The smallest absolute Gasteiger partial charge is 0.277 e. The minimum atomic E-state index is -0.335. The molecular weight excluding hydrogens is 220 g/mol. The van der Waals surface area contributed by atoms with Gasteiger partial charge in [-0.1, -0.05) is 12.1 Å². The molecule has 0 amide bonds. The van der Waals surface area contributed by atoms with Crippen molar-refractivity contribution in [3.63, 3.8) is 0 Å². The van der Waals surface area contributed by atoms with Gasteiger partial charge < -0.3 is 0 Å². The van der Waals surface area contributed by atoms with Crippen molar-refractivity contribution in [3.8, 4) is 0 Å². The van der Waals surface area contributed by atoms with E-state index in [2.05, 4.69) is 10.2 Å². The number of hydrogen-bond acceptors (Lipinski definition) is 3. The van der Waals surface area contributed by atoms with Gasteiger partial charge in [0, 0.05) is 6.54 Å². The summed E-state index contributed by atoms with van der Waals surface area (Å²) in [7, 11) is 0. The summed E-state index contributed by atoms with van der Waals surface area (Å²) >= 11 is 0. The first-order chi connectivity index (χ1) is 8.24. The largest absolute Gasteiger partial charge is 0.349 e. The van der Waals surface area contributed by atoms with Gasteiger partial charge >= 0.3 is 5.69 Å². The third-order valence-corrected chi connectivity index (χ3v) is 2.83. The molecule has 1 aromatic carbocycles. The number of aromatic amines is 1. The summed E-state index contributed by atoms with van der Waals surface area (Å²) in [5.74, 6) is 0.348. The lowest BCUT2D eigenvalue weighted by molar-refractivity contribution is 0.735. The van der Waals surface area contributed by atoms with Crippen LogP contribution in [0.2, 0.25) is 0 Å². The van der Waals surface area contributed by atoms with Crippen LogP contribution in [0.1, 0.15) is 6.92 Å². The summed E-state index contributed by atoms with van der Waals surface area (Å²) in [5.41, 5.74) is 0.115. The number of benzene rings is 1. The molecule has 0 bridgehead atoms. The van der Waals surface area contributed by atoms with Crippen LogP contribution in [0.15, 0.2) is 33.9 Å². The minimum absolute atomic E-state index is 0.130. The average molecular weight is 230 g/mol. The number of H-pyrrole nitrogens is 1. The molecule has 0 fully saturated rings. The molecule has 6 nitrogen and oxygen atoms in total. The quantitative estimate of drug-likeness (QED) is 0.656. The van der Waals surface area contributed by atoms with Gasteiger partial charge in [0.15, 0.2) is 0 Å². The molecule has 2 heterocycles. The normalized spacial score (nSPS) is 11.4. The Morgan fingerprint density at radius 2 is 2.06 bits per heavy atom. The Labute approximate surface area is 95.1 Å². The molecule has 0 saturated carbocycles. The first-order valence-corrected chi connectivity index (χ1v) is 5.32. The molecule has 3 aromatic rings. The van der Waals surface area contributed by atoms with Crippen LogP contribution in [-0.4, -0.2) is 19.2 Å². The van der Waals surface area contributed by atoms with Gasteiger partial charge in [-0.3, -0.25) is 9.36 Å². The van der Waals surface area contributed by atoms with Crippen molar-refractivity contribution in [3.05, 3.63) is 45.1 Å². The molecule has 3 rings (SSSR count). The van der Waals surface area contributed by atoms with Gasteiger partial charge in [-0.15, -0.1) is 5.10 Å². The number of fused-ring (bicyclic) bond motifs is 3. The Balaban J connectivity index is 2.76. The topological polar surface area (TPSA) is 72.2 Å². The number of para-hydroxylation sites is 1. The fourth-order valence-corrected chi connectivity index (χ4v) is 2.06. The number of aromatic nitrogens is 4. The molecule has 0 aliphatic carbocycles. The second-order valence-electron chi connectivity index (χ2n) is 3.73. The number of nitrogens with one attached hydrogen (secondary N) is 1. The molecule has 0 unspecified atom stereocenters. The molecule has 0 saturated heterocycles. The first-order valence-electron chi connectivity index (χ1n) is 5.32. The van der Waals surface area contributed by atoms with E-state index in [0.717, 1.165) is 0 Å². The van der Waals surface area contributed by atoms with Crippen molar-refractivity contribution < 1.29 is 0 Å². The fourth-order valence-electron chi connectivity index (χ4n) is 2.06. The van der Waals surface area contributed by atoms with Crippen molar-refractivity contribution in [1.29, 1.82) is 0 Å². The van der Waals surface area contributed by atoms with Crippen LogP contribution in [0, 0.1) is 0 Å². The predicted octanol–water partition coefficient (Wildman–Crippen LogP) is 0.357. The lowest BCUT2D eigenvalue weighted by atomic mass is 10.2. The molecule has 17 heavy (non-hydrogen) atoms. The maximum absolute atomic E-state index is 12.2. The predicted molar refractivity (Wildman–Crippen MR) is 63.3 cm³/mol. The third-order valence-electron chi connectivity index (χ3n) is 2.83. The molecule has 0 spiro atoms. The standard InChI is InChI=1S/C11H10N4O2/c1-2-14-9(16)7-5-3-4-6-8(7)15-10(14)12-13-11(15)17/h3-6H,2H2,1H3,(H,13,17). The third kappa shape index (κ3) is 1.17. The van der Waals surface area contributed by atoms with Crippen LogP contribution in [0.3, 0.4) is 0 Å². The summed E-state index contributed by atoms with van der Waals surface area (Å²) < 4.78 is 2.89. The average Bonchev–Trinajstić information content (AvgIpc) is 2.73. The van der Waals surface area contributed by atoms with Crippen molar-refractivity contribution >= 4 is 16.7 Å². The van der Waals surface area contributed by atoms with Crippen LogP contribution < -0.4 is 11.2 Å². The van der Waals surface area contributed by atoms with E-state index in [9.17, 15) is 9.59 Å². The zero-order valence-electron chi connectivity index (χ0n) is 9.17. The van der Waals surface area contributed by atoms with Gasteiger partial charge in [-0.25, -0.2) is 14.3 Å². The second-order valence-corrected chi connectivity index (χ2v) is 3.73. The highest BCUT2D eigenvalue weighted by Crippen LogP contribution is 2.09. The Kier molecular flexibility index (Phi) is 1.91. The SMILES string of the molecule is CCn1c(=O)c2ccccc2n2c(=O)[nH]nc12. The van der Waals surface area contributed by atoms with Gasteiger partial charge in [0.05, 0.1) is 10.9 Å². The number of hydrogen-bond donors (Lipinski definition) is 1. The summed E-state index contributed by atoms with van der Waals surface area (Å²) in [6.07, 6.45) is 0. The van der Waals surface area contributed by atoms with Gasteiger partial charge in [-0.2, -0.15) is 0 Å². The lowest BCUT2D eigenvalue weighted by Crippen LogP contribution is -2.24. The second kappa shape index (κ2) is 3.31. The lowest BCUT2D eigenvalue weighted by Gasteiger charge is -2.06. The molecule has 0 radical (unpaired) electrons. The van der Waals surface area contributed by atoms with Crippen LogP contribution in [0.4, 0.5) is 0 Å². The molecule has 0 aliphatic heterocycles. The maximum Gasteiger partial charge on any atom is 0.349 e. The van der Waals surface area contributed by atoms with E-state index in [4.69, 9.17) is 0 Å². The molecule has 6 heteroatoms. The zero-order chi connectivity index (χ0) is 12.0. The van der Waals surface area contributed by atoms with Crippen molar-refractivity contribution in [2.45, 2.75) is 13.5 Å². The van der Waals surface area contributed by atoms with Gasteiger partial charge in [-0.05, 0) is 19.1 Å². The van der Waals surface area contributed by atoms with Gasteiger partial charge in [0.25, 0.3) is 5.56 Å². The summed E-state index contributed by atoms with van der Waals surface area (Å²) in [6, 6.07) is 7.01. The summed E-state index contributed by atoms with van der Waals surface area (Å²) in [5, 5.41) is 6.78. The van der Waals surface area contributed by atoms with E-state index in [1.165, 1.54) is 8.97 Å². The van der Waals surface area contributed by atoms with E-state index in [-0.39, 0.29) is 11.2 Å². The first kappa shape index (κ1) is 9.83. The van der Waals surface area contributed by atoms with Crippen molar-refractivity contribution in [1.82, 2.24) is 19.2 Å². The highest BCUT2D eigenvalue weighted by Gasteiger charge is 2.12. The van der Waals surface area contributed by atoms with E-state index < -0.39 is 0 Å². The molecule has 86 valence electrons. The molecule has 0 aliphatic rings. The Bertz CT molecular complexity index is 825. The van der Waals surface area contributed by atoms with E-state index in [0.29, 0.717) is 23.2 Å². The fraction of sp³-hybridized carbons (Fsp3) is 0.182. The van der Waals surface area contributed by atoms with Crippen LogP contribution >= 0.6 is 0 Å². The Morgan fingerprint density at radius 1 is 1.29 bits per heavy atom. The number of aryl methyl sites for hydroxylation is 1. The highest BCUT2D eigenvalue weighted by molar-refractivity contribution is 5.79. The highest BCUT2D eigenvalue weighted by atomic mass is 16.2. The van der Waals surface area contributed by atoms with Crippen LogP contribution in [0.25, 0.3) is 16.7 Å². The van der Waals surface area contributed by atoms with Crippen molar-refractivity contribution in [2.24, 2.45) is 0 Å². The van der Waals surface area contributed by atoms with E-state index in [1.54, 1.807) is 24.3 Å².